The summed E-state index contributed by atoms with van der Waals surface area (Å²) in [6, 6.07) is 3.95. The van der Waals surface area contributed by atoms with E-state index in [4.69, 9.17) is 4.74 Å². The quantitative estimate of drug-likeness (QED) is 0.666. The number of hydrogen-bond donors (Lipinski definition) is 0. The molecule has 0 saturated heterocycles. The van der Waals surface area contributed by atoms with Crippen LogP contribution in [0.3, 0.4) is 0 Å². The molecule has 0 aliphatic heterocycles. The molecule has 0 spiro atoms. The number of ether oxygens (including phenoxy) is 1. The fraction of sp³-hybridized carbons (Fsp3) is 0.562. The Morgan fingerprint density at radius 1 is 1.11 bits per heavy atom. The monoisotopic (exact) mass is 248 g/mol. The molecule has 0 heterocycles. The second-order valence-corrected chi connectivity index (χ2v) is 4.81. The Morgan fingerprint density at radius 3 is 2.22 bits per heavy atom. The Hall–Kier alpha value is -1.31. The van der Waals surface area contributed by atoms with Gasteiger partial charge >= 0.3 is 0 Å². The molecule has 0 aliphatic rings. The van der Waals surface area contributed by atoms with Crippen molar-refractivity contribution in [3.63, 3.8) is 0 Å². The van der Waals surface area contributed by atoms with Crippen LogP contribution >= 0.6 is 0 Å². The molecule has 0 atom stereocenters. The van der Waals surface area contributed by atoms with E-state index in [0.29, 0.717) is 6.42 Å². The standard InChI is InChI=1S/C16H24O2/c1-5-7-8-15(17)16-12(3)10-14(11-13(16)4)18-9-6-2/h10-11H,5-9H2,1-4H3. The number of benzene rings is 1. The highest BCUT2D eigenvalue weighted by Gasteiger charge is 2.13. The lowest BCUT2D eigenvalue weighted by molar-refractivity contribution is 0.0978. The zero-order chi connectivity index (χ0) is 13.5. The minimum absolute atomic E-state index is 0.258. The van der Waals surface area contributed by atoms with Gasteiger partial charge in [-0.2, -0.15) is 0 Å². The van der Waals surface area contributed by atoms with Gasteiger partial charge in [0.25, 0.3) is 0 Å². The van der Waals surface area contributed by atoms with Gasteiger partial charge in [0.1, 0.15) is 5.75 Å². The molecule has 1 rings (SSSR count). The summed E-state index contributed by atoms with van der Waals surface area (Å²) in [6.45, 7) is 8.90. The van der Waals surface area contributed by atoms with E-state index in [1.165, 1.54) is 0 Å². The first-order valence-electron chi connectivity index (χ1n) is 6.87. The highest BCUT2D eigenvalue weighted by atomic mass is 16.5. The lowest BCUT2D eigenvalue weighted by Gasteiger charge is -2.12. The van der Waals surface area contributed by atoms with Crippen molar-refractivity contribution in [2.75, 3.05) is 6.61 Å². The molecule has 0 aromatic heterocycles. The Labute approximate surface area is 110 Å². The van der Waals surface area contributed by atoms with Crippen LogP contribution < -0.4 is 4.74 Å². The van der Waals surface area contributed by atoms with Crippen LogP contribution in [0.25, 0.3) is 0 Å². The van der Waals surface area contributed by atoms with Crippen molar-refractivity contribution in [3.8, 4) is 5.75 Å². The molecule has 0 amide bonds. The average Bonchev–Trinajstić information content (AvgIpc) is 2.33. The smallest absolute Gasteiger partial charge is 0.163 e. The van der Waals surface area contributed by atoms with Crippen LogP contribution in [0.5, 0.6) is 5.75 Å². The molecule has 0 radical (unpaired) electrons. The average molecular weight is 248 g/mol. The molecular weight excluding hydrogens is 224 g/mol. The van der Waals surface area contributed by atoms with E-state index < -0.39 is 0 Å². The van der Waals surface area contributed by atoms with Gasteiger partial charge in [-0.15, -0.1) is 0 Å². The number of Topliss-reactive ketones (excluding diaryl/α,β-unsaturated/α-hetero) is 1. The highest BCUT2D eigenvalue weighted by Crippen LogP contribution is 2.23. The third-order valence-electron chi connectivity index (χ3n) is 3.02. The lowest BCUT2D eigenvalue weighted by Crippen LogP contribution is -2.06. The number of ketones is 1. The fourth-order valence-electron chi connectivity index (χ4n) is 2.13. The fourth-order valence-corrected chi connectivity index (χ4v) is 2.13. The van der Waals surface area contributed by atoms with E-state index >= 15 is 0 Å². The molecule has 0 N–H and O–H groups in total. The van der Waals surface area contributed by atoms with Crippen LogP contribution in [-0.4, -0.2) is 12.4 Å². The van der Waals surface area contributed by atoms with Gasteiger partial charge in [-0.1, -0.05) is 20.3 Å². The maximum Gasteiger partial charge on any atom is 0.163 e. The highest BCUT2D eigenvalue weighted by molar-refractivity contribution is 5.98. The maximum atomic E-state index is 12.1. The Bertz CT molecular complexity index is 385. The number of carbonyl (C=O) groups is 1. The van der Waals surface area contributed by atoms with Crippen LogP contribution in [0.1, 0.15) is 61.0 Å². The van der Waals surface area contributed by atoms with E-state index in [2.05, 4.69) is 13.8 Å². The largest absolute Gasteiger partial charge is 0.494 e. The topological polar surface area (TPSA) is 26.3 Å². The van der Waals surface area contributed by atoms with Crippen LogP contribution in [-0.2, 0) is 0 Å². The van der Waals surface area contributed by atoms with Gasteiger partial charge in [0.15, 0.2) is 5.78 Å². The maximum absolute atomic E-state index is 12.1. The van der Waals surface area contributed by atoms with E-state index in [1.54, 1.807) is 0 Å². The number of carbonyl (C=O) groups excluding carboxylic acids is 1. The summed E-state index contributed by atoms with van der Waals surface area (Å²) in [6.07, 6.45) is 3.66. The summed E-state index contributed by atoms with van der Waals surface area (Å²) >= 11 is 0. The van der Waals surface area contributed by atoms with Crippen molar-refractivity contribution in [2.45, 2.75) is 53.4 Å². The summed E-state index contributed by atoms with van der Waals surface area (Å²) in [5.41, 5.74) is 2.94. The van der Waals surface area contributed by atoms with Crippen LogP contribution in [0, 0.1) is 13.8 Å². The zero-order valence-corrected chi connectivity index (χ0v) is 12.0. The van der Waals surface area contributed by atoms with Gasteiger partial charge in [0.2, 0.25) is 0 Å². The van der Waals surface area contributed by atoms with E-state index in [1.807, 2.05) is 26.0 Å². The van der Waals surface area contributed by atoms with Crippen molar-refractivity contribution < 1.29 is 9.53 Å². The van der Waals surface area contributed by atoms with Gasteiger partial charge in [0.05, 0.1) is 6.61 Å². The van der Waals surface area contributed by atoms with Gasteiger partial charge in [0, 0.05) is 12.0 Å². The predicted octanol–water partition coefficient (Wildman–Crippen LogP) is 4.47. The first-order valence-corrected chi connectivity index (χ1v) is 6.87. The van der Waals surface area contributed by atoms with Crippen molar-refractivity contribution in [1.29, 1.82) is 0 Å². The lowest BCUT2D eigenvalue weighted by atomic mass is 9.96. The van der Waals surface area contributed by atoms with Crippen molar-refractivity contribution in [2.24, 2.45) is 0 Å². The van der Waals surface area contributed by atoms with Gasteiger partial charge in [-0.05, 0) is 49.9 Å². The van der Waals surface area contributed by atoms with Crippen LogP contribution in [0.4, 0.5) is 0 Å². The van der Waals surface area contributed by atoms with E-state index in [0.717, 1.165) is 48.3 Å². The third kappa shape index (κ3) is 3.86. The first kappa shape index (κ1) is 14.7. The Balaban J connectivity index is 2.90. The molecule has 2 heteroatoms. The van der Waals surface area contributed by atoms with Crippen molar-refractivity contribution in [1.82, 2.24) is 0 Å². The molecule has 0 fully saturated rings. The molecule has 1 aromatic carbocycles. The number of hydrogen-bond acceptors (Lipinski definition) is 2. The number of rotatable bonds is 7. The minimum atomic E-state index is 0.258. The summed E-state index contributed by atoms with van der Waals surface area (Å²) in [7, 11) is 0. The van der Waals surface area contributed by atoms with Crippen LogP contribution in [0.15, 0.2) is 12.1 Å². The Kier molecular flexibility index (Phi) is 5.90. The molecule has 0 unspecified atom stereocenters. The van der Waals surface area contributed by atoms with Gasteiger partial charge in [-0.25, -0.2) is 0 Å². The van der Waals surface area contributed by atoms with Crippen molar-refractivity contribution in [3.05, 3.63) is 28.8 Å². The number of unbranched alkanes of at least 4 members (excludes halogenated alkanes) is 1. The van der Waals surface area contributed by atoms with Crippen LogP contribution in [0.2, 0.25) is 0 Å². The summed E-state index contributed by atoms with van der Waals surface area (Å²) < 4.78 is 5.62. The second kappa shape index (κ2) is 7.20. The summed E-state index contributed by atoms with van der Waals surface area (Å²) in [4.78, 5) is 12.1. The predicted molar refractivity (Wildman–Crippen MR) is 75.6 cm³/mol. The minimum Gasteiger partial charge on any atom is -0.494 e. The first-order chi connectivity index (χ1) is 8.60. The molecular formula is C16H24O2. The molecule has 18 heavy (non-hydrogen) atoms. The summed E-state index contributed by atoms with van der Waals surface area (Å²) in [5, 5.41) is 0. The molecule has 0 saturated carbocycles. The molecule has 100 valence electrons. The van der Waals surface area contributed by atoms with E-state index in [-0.39, 0.29) is 5.78 Å². The molecule has 2 nitrogen and oxygen atoms in total. The van der Waals surface area contributed by atoms with Gasteiger partial charge < -0.3 is 4.74 Å². The van der Waals surface area contributed by atoms with E-state index in [9.17, 15) is 4.79 Å². The molecule has 0 bridgehead atoms. The molecule has 1 aromatic rings. The second-order valence-electron chi connectivity index (χ2n) is 4.81. The van der Waals surface area contributed by atoms with Gasteiger partial charge in [-0.3, -0.25) is 4.79 Å². The number of aryl methyl sites for hydroxylation is 2. The SMILES string of the molecule is CCCCC(=O)c1c(C)cc(OCCC)cc1C. The normalized spacial score (nSPS) is 10.4. The third-order valence-corrected chi connectivity index (χ3v) is 3.02. The zero-order valence-electron chi connectivity index (χ0n) is 12.0. The Morgan fingerprint density at radius 2 is 1.72 bits per heavy atom. The van der Waals surface area contributed by atoms with Crippen molar-refractivity contribution >= 4 is 5.78 Å². The molecule has 0 aliphatic carbocycles. The summed E-state index contributed by atoms with van der Waals surface area (Å²) in [5.74, 6) is 1.13.